The van der Waals surface area contributed by atoms with Crippen LogP contribution in [0.15, 0.2) is 48.8 Å². The van der Waals surface area contributed by atoms with Crippen LogP contribution < -0.4 is 10.6 Å². The number of carbonyl (C=O) groups excluding carboxylic acids is 1. The summed E-state index contributed by atoms with van der Waals surface area (Å²) in [6.45, 7) is 4.06. The summed E-state index contributed by atoms with van der Waals surface area (Å²) in [4.78, 5) is 14.5. The Labute approximate surface area is 135 Å². The number of hydrogen-bond donors (Lipinski definition) is 2. The Morgan fingerprint density at radius 2 is 2.09 bits per heavy atom. The summed E-state index contributed by atoms with van der Waals surface area (Å²) in [7, 11) is 0. The maximum absolute atomic E-state index is 12.1. The first-order valence-corrected chi connectivity index (χ1v) is 7.84. The Bertz CT molecular complexity index is 634. The Kier molecular flexibility index (Phi) is 4.83. The van der Waals surface area contributed by atoms with Gasteiger partial charge in [0.05, 0.1) is 18.1 Å². The van der Waals surface area contributed by atoms with Gasteiger partial charge in [-0.05, 0) is 25.0 Å². The van der Waals surface area contributed by atoms with Crippen molar-refractivity contribution in [2.45, 2.75) is 32.0 Å². The minimum atomic E-state index is -0.198. The second-order valence-electron chi connectivity index (χ2n) is 5.82. The lowest BCUT2D eigenvalue weighted by Crippen LogP contribution is -2.44. The largest absolute Gasteiger partial charge is 0.334 e. The molecule has 23 heavy (non-hydrogen) atoms. The molecule has 2 N–H and O–H groups in total. The quantitative estimate of drug-likeness (QED) is 0.908. The molecule has 0 bridgehead atoms. The molecule has 120 valence electrons. The highest BCUT2D eigenvalue weighted by molar-refractivity contribution is 5.89. The summed E-state index contributed by atoms with van der Waals surface area (Å²) in [5.74, 6) is 0. The molecule has 1 aromatic heterocycles. The highest BCUT2D eigenvalue weighted by atomic mass is 16.2. The molecule has 1 fully saturated rings. The molecule has 1 saturated heterocycles. The molecule has 1 aliphatic rings. The van der Waals surface area contributed by atoms with Crippen LogP contribution in [0.4, 0.5) is 10.5 Å². The van der Waals surface area contributed by atoms with Gasteiger partial charge in [-0.1, -0.05) is 30.3 Å². The lowest BCUT2D eigenvalue weighted by Gasteiger charge is -2.25. The first kappa shape index (κ1) is 15.4. The van der Waals surface area contributed by atoms with Crippen LogP contribution in [0.5, 0.6) is 0 Å². The van der Waals surface area contributed by atoms with Crippen molar-refractivity contribution in [1.82, 2.24) is 20.4 Å². The summed E-state index contributed by atoms with van der Waals surface area (Å²) in [6.07, 6.45) is 4.03. The van der Waals surface area contributed by atoms with Gasteiger partial charge in [0.25, 0.3) is 0 Å². The molecule has 0 aliphatic carbocycles. The van der Waals surface area contributed by atoms with Gasteiger partial charge in [-0.2, -0.15) is 10.2 Å². The number of likely N-dealkylation sites (tertiary alicyclic amines) is 1. The Hall–Kier alpha value is -2.47. The molecule has 6 nitrogen and oxygen atoms in total. The lowest BCUT2D eigenvalue weighted by atomic mass is 10.1. The highest BCUT2D eigenvalue weighted by Crippen LogP contribution is 2.20. The molecular weight excluding hydrogens is 290 g/mol. The Morgan fingerprint density at radius 3 is 2.83 bits per heavy atom. The Morgan fingerprint density at radius 1 is 1.26 bits per heavy atom. The van der Waals surface area contributed by atoms with Crippen LogP contribution >= 0.6 is 0 Å². The number of carbonyl (C=O) groups is 1. The molecule has 2 heterocycles. The second-order valence-corrected chi connectivity index (χ2v) is 5.82. The van der Waals surface area contributed by atoms with Gasteiger partial charge < -0.3 is 10.6 Å². The molecule has 2 amide bonds. The maximum atomic E-state index is 12.1. The summed E-state index contributed by atoms with van der Waals surface area (Å²) in [5, 5.41) is 13.3. The van der Waals surface area contributed by atoms with Gasteiger partial charge >= 0.3 is 6.03 Å². The zero-order valence-corrected chi connectivity index (χ0v) is 13.1. The SMILES string of the molecule is C[C@H]1[C@H](NC(=O)Nc2ccnnc2)CCN1Cc1ccccc1. The number of nitrogens with zero attached hydrogens (tertiary/aromatic N) is 3. The monoisotopic (exact) mass is 311 g/mol. The first-order valence-electron chi connectivity index (χ1n) is 7.84. The van der Waals surface area contributed by atoms with Gasteiger partial charge in [0.1, 0.15) is 0 Å². The lowest BCUT2D eigenvalue weighted by molar-refractivity contribution is 0.229. The van der Waals surface area contributed by atoms with Crippen LogP contribution in [0.1, 0.15) is 18.9 Å². The van der Waals surface area contributed by atoms with Crippen molar-refractivity contribution >= 4 is 11.7 Å². The van der Waals surface area contributed by atoms with E-state index < -0.39 is 0 Å². The van der Waals surface area contributed by atoms with E-state index in [9.17, 15) is 4.79 Å². The Balaban J connectivity index is 1.52. The minimum absolute atomic E-state index is 0.147. The van der Waals surface area contributed by atoms with Crippen LogP contribution in [-0.2, 0) is 6.54 Å². The number of rotatable bonds is 4. The van der Waals surface area contributed by atoms with Gasteiger partial charge in [-0.25, -0.2) is 4.79 Å². The minimum Gasteiger partial charge on any atom is -0.334 e. The van der Waals surface area contributed by atoms with Crippen molar-refractivity contribution in [3.63, 3.8) is 0 Å². The fourth-order valence-electron chi connectivity index (χ4n) is 2.94. The third-order valence-corrected chi connectivity index (χ3v) is 4.27. The molecule has 0 saturated carbocycles. The molecule has 1 aromatic carbocycles. The van der Waals surface area contributed by atoms with E-state index >= 15 is 0 Å². The molecule has 2 atom stereocenters. The van der Waals surface area contributed by atoms with Gasteiger partial charge in [0.2, 0.25) is 0 Å². The second kappa shape index (κ2) is 7.19. The van der Waals surface area contributed by atoms with Crippen molar-refractivity contribution in [3.05, 3.63) is 54.4 Å². The number of aromatic nitrogens is 2. The third-order valence-electron chi connectivity index (χ3n) is 4.27. The molecule has 0 unspecified atom stereocenters. The molecule has 1 aliphatic heterocycles. The fraction of sp³-hybridized carbons (Fsp3) is 0.353. The molecule has 0 radical (unpaired) electrons. The third kappa shape index (κ3) is 4.04. The van der Waals surface area contributed by atoms with E-state index in [4.69, 9.17) is 0 Å². The van der Waals surface area contributed by atoms with Gasteiger partial charge in [0.15, 0.2) is 0 Å². The topological polar surface area (TPSA) is 70.1 Å². The first-order chi connectivity index (χ1) is 11.2. The van der Waals surface area contributed by atoms with E-state index in [1.54, 1.807) is 12.3 Å². The number of amides is 2. The number of nitrogens with one attached hydrogen (secondary N) is 2. The van der Waals surface area contributed by atoms with Crippen molar-refractivity contribution in [2.75, 3.05) is 11.9 Å². The van der Waals surface area contributed by atoms with Crippen molar-refractivity contribution in [3.8, 4) is 0 Å². The molecule has 2 aromatic rings. The van der Waals surface area contributed by atoms with E-state index in [0.29, 0.717) is 11.7 Å². The zero-order chi connectivity index (χ0) is 16.1. The van der Waals surface area contributed by atoms with Crippen LogP contribution in [0.3, 0.4) is 0 Å². The van der Waals surface area contributed by atoms with E-state index in [1.165, 1.54) is 11.8 Å². The van der Waals surface area contributed by atoms with Crippen LogP contribution in [0, 0.1) is 0 Å². The predicted octanol–water partition coefficient (Wildman–Crippen LogP) is 2.26. The number of anilines is 1. The molecule has 3 rings (SSSR count). The number of benzene rings is 1. The molecular formula is C17H21N5O. The highest BCUT2D eigenvalue weighted by Gasteiger charge is 2.31. The van der Waals surface area contributed by atoms with Crippen molar-refractivity contribution in [2.24, 2.45) is 0 Å². The fourth-order valence-corrected chi connectivity index (χ4v) is 2.94. The van der Waals surface area contributed by atoms with Crippen LogP contribution in [0.25, 0.3) is 0 Å². The normalized spacial score (nSPS) is 21.1. The number of urea groups is 1. The smallest absolute Gasteiger partial charge is 0.319 e. The predicted molar refractivity (Wildman–Crippen MR) is 88.9 cm³/mol. The average Bonchev–Trinajstić information content (AvgIpc) is 2.90. The summed E-state index contributed by atoms with van der Waals surface area (Å²) < 4.78 is 0. The average molecular weight is 311 g/mol. The standard InChI is InChI=1S/C17H21N5O/c1-13-16(21-17(23)20-15-7-9-18-19-11-15)8-10-22(13)12-14-5-3-2-4-6-14/h2-7,9,11,13,16H,8,10,12H2,1H3,(H2,18,20,21,23)/t13-,16+/m0/s1. The number of hydrogen-bond acceptors (Lipinski definition) is 4. The van der Waals surface area contributed by atoms with Gasteiger partial charge in [-0.3, -0.25) is 4.90 Å². The van der Waals surface area contributed by atoms with Crippen LogP contribution in [0.2, 0.25) is 0 Å². The van der Waals surface area contributed by atoms with E-state index in [1.807, 2.05) is 6.07 Å². The van der Waals surface area contributed by atoms with E-state index in [-0.39, 0.29) is 12.1 Å². The summed E-state index contributed by atoms with van der Waals surface area (Å²) >= 11 is 0. The summed E-state index contributed by atoms with van der Waals surface area (Å²) in [6, 6.07) is 12.4. The van der Waals surface area contributed by atoms with Crippen molar-refractivity contribution < 1.29 is 4.79 Å². The molecule has 0 spiro atoms. The zero-order valence-electron chi connectivity index (χ0n) is 13.1. The maximum Gasteiger partial charge on any atom is 0.319 e. The van der Waals surface area contributed by atoms with Crippen LogP contribution in [-0.4, -0.2) is 39.8 Å². The van der Waals surface area contributed by atoms with E-state index in [2.05, 4.69) is 56.9 Å². The van der Waals surface area contributed by atoms with Crippen molar-refractivity contribution in [1.29, 1.82) is 0 Å². The van der Waals surface area contributed by atoms with E-state index in [0.717, 1.165) is 19.5 Å². The molecule has 6 heteroatoms. The summed E-state index contributed by atoms with van der Waals surface area (Å²) in [5.41, 5.74) is 1.94. The van der Waals surface area contributed by atoms with Gasteiger partial charge in [-0.15, -0.1) is 0 Å². The van der Waals surface area contributed by atoms with Gasteiger partial charge in [0, 0.05) is 25.2 Å².